The van der Waals surface area contributed by atoms with Crippen molar-refractivity contribution in [1.29, 1.82) is 0 Å². The maximum atomic E-state index is 5.91. The molecule has 0 aliphatic carbocycles. The molecule has 2 heterocycles. The van der Waals surface area contributed by atoms with Gasteiger partial charge in [-0.25, -0.2) is 4.68 Å². The molecule has 0 spiro atoms. The van der Waals surface area contributed by atoms with E-state index in [-0.39, 0.29) is 0 Å². The first-order chi connectivity index (χ1) is 8.25. The number of fused-ring (bicyclic) bond motifs is 1. The van der Waals surface area contributed by atoms with Crippen molar-refractivity contribution in [2.24, 2.45) is 0 Å². The maximum absolute atomic E-state index is 5.91. The zero-order chi connectivity index (χ0) is 11.8. The van der Waals surface area contributed by atoms with Crippen molar-refractivity contribution in [2.75, 3.05) is 6.54 Å². The van der Waals surface area contributed by atoms with E-state index in [2.05, 4.69) is 17.3 Å². The number of halogens is 1. The minimum atomic E-state index is 0.758. The molecule has 1 N–H and O–H groups in total. The molecule has 17 heavy (non-hydrogen) atoms. The monoisotopic (exact) mass is 247 g/mol. The van der Waals surface area contributed by atoms with Crippen molar-refractivity contribution < 1.29 is 0 Å². The highest BCUT2D eigenvalue weighted by atomic mass is 35.5. The van der Waals surface area contributed by atoms with Gasteiger partial charge in [0.05, 0.1) is 17.1 Å². The van der Waals surface area contributed by atoms with Crippen LogP contribution in [0.5, 0.6) is 0 Å². The van der Waals surface area contributed by atoms with Crippen LogP contribution in [0.2, 0.25) is 5.02 Å². The minimum absolute atomic E-state index is 0.758. The summed E-state index contributed by atoms with van der Waals surface area (Å²) >= 11 is 5.91. The van der Waals surface area contributed by atoms with Crippen molar-refractivity contribution in [3.8, 4) is 5.69 Å². The molecule has 0 unspecified atom stereocenters. The van der Waals surface area contributed by atoms with E-state index in [0.29, 0.717) is 0 Å². The van der Waals surface area contributed by atoms with Gasteiger partial charge in [0, 0.05) is 30.1 Å². The lowest BCUT2D eigenvalue weighted by Gasteiger charge is -2.15. The molecule has 0 radical (unpaired) electrons. The molecule has 1 aliphatic heterocycles. The Labute approximate surface area is 105 Å². The fourth-order valence-corrected chi connectivity index (χ4v) is 2.44. The molecule has 0 amide bonds. The van der Waals surface area contributed by atoms with E-state index in [1.807, 2.05) is 28.9 Å². The predicted octanol–water partition coefficient (Wildman–Crippen LogP) is 2.48. The molecule has 2 aromatic rings. The smallest absolute Gasteiger partial charge is 0.0650 e. The summed E-state index contributed by atoms with van der Waals surface area (Å²) in [4.78, 5) is 0. The number of benzene rings is 1. The quantitative estimate of drug-likeness (QED) is 0.839. The first-order valence-electron chi connectivity index (χ1n) is 5.80. The van der Waals surface area contributed by atoms with E-state index < -0.39 is 0 Å². The van der Waals surface area contributed by atoms with Gasteiger partial charge in [0.25, 0.3) is 0 Å². The lowest BCUT2D eigenvalue weighted by Crippen LogP contribution is -2.24. The Bertz CT molecular complexity index is 543. The molecular formula is C13H14ClN3. The van der Waals surface area contributed by atoms with Crippen LogP contribution in [0.15, 0.2) is 24.3 Å². The fourth-order valence-electron chi connectivity index (χ4n) is 2.31. The third kappa shape index (κ3) is 1.85. The highest BCUT2D eigenvalue weighted by Gasteiger charge is 2.18. The molecule has 1 aromatic carbocycles. The number of aromatic nitrogens is 2. The zero-order valence-electron chi connectivity index (χ0n) is 9.70. The first-order valence-corrected chi connectivity index (χ1v) is 6.17. The van der Waals surface area contributed by atoms with Crippen LogP contribution in [-0.4, -0.2) is 16.3 Å². The summed E-state index contributed by atoms with van der Waals surface area (Å²) in [5.74, 6) is 0. The van der Waals surface area contributed by atoms with E-state index >= 15 is 0 Å². The normalized spacial score (nSPS) is 14.7. The summed E-state index contributed by atoms with van der Waals surface area (Å²) in [6.07, 6.45) is 1.03. The summed E-state index contributed by atoms with van der Waals surface area (Å²) in [6.45, 7) is 4.01. The second kappa shape index (κ2) is 4.17. The Balaban J connectivity index is 2.11. The molecule has 0 saturated carbocycles. The van der Waals surface area contributed by atoms with Crippen LogP contribution < -0.4 is 5.32 Å². The Hall–Kier alpha value is -1.32. The van der Waals surface area contributed by atoms with E-state index in [1.54, 1.807) is 0 Å². The first kappa shape index (κ1) is 10.8. The lowest BCUT2D eigenvalue weighted by molar-refractivity contribution is 0.622. The summed E-state index contributed by atoms with van der Waals surface area (Å²) < 4.78 is 2.04. The third-order valence-electron chi connectivity index (χ3n) is 3.20. The average Bonchev–Trinajstić information content (AvgIpc) is 2.69. The largest absolute Gasteiger partial charge is 0.312 e. The Morgan fingerprint density at radius 1 is 1.29 bits per heavy atom. The van der Waals surface area contributed by atoms with Gasteiger partial charge in [-0.15, -0.1) is 0 Å². The highest BCUT2D eigenvalue weighted by Crippen LogP contribution is 2.22. The topological polar surface area (TPSA) is 29.9 Å². The second-order valence-electron chi connectivity index (χ2n) is 4.33. The molecular weight excluding hydrogens is 234 g/mol. The number of hydrogen-bond donors (Lipinski definition) is 1. The van der Waals surface area contributed by atoms with Gasteiger partial charge in [-0.05, 0) is 31.2 Å². The number of nitrogens with one attached hydrogen (secondary N) is 1. The number of rotatable bonds is 1. The molecule has 4 heteroatoms. The molecule has 0 atom stereocenters. The van der Waals surface area contributed by atoms with Gasteiger partial charge < -0.3 is 5.32 Å². The van der Waals surface area contributed by atoms with E-state index in [0.717, 1.165) is 35.9 Å². The standard InChI is InChI=1S/C13H14ClN3/c1-9-12-8-15-7-6-13(12)17(16-9)11-4-2-10(14)3-5-11/h2-5,15H,6-8H2,1H3. The van der Waals surface area contributed by atoms with Crippen LogP contribution in [0.3, 0.4) is 0 Å². The van der Waals surface area contributed by atoms with Gasteiger partial charge in [-0.3, -0.25) is 0 Å². The summed E-state index contributed by atoms with van der Waals surface area (Å²) in [5.41, 5.74) is 4.86. The maximum Gasteiger partial charge on any atom is 0.0650 e. The van der Waals surface area contributed by atoms with Gasteiger partial charge in [0.1, 0.15) is 0 Å². The molecule has 3 rings (SSSR count). The Morgan fingerprint density at radius 2 is 2.06 bits per heavy atom. The summed E-state index contributed by atoms with van der Waals surface area (Å²) in [5, 5.41) is 8.76. The summed E-state index contributed by atoms with van der Waals surface area (Å²) in [6, 6.07) is 7.83. The Morgan fingerprint density at radius 3 is 2.82 bits per heavy atom. The van der Waals surface area contributed by atoms with E-state index in [9.17, 15) is 0 Å². The second-order valence-corrected chi connectivity index (χ2v) is 4.76. The molecule has 0 saturated heterocycles. The SMILES string of the molecule is Cc1nn(-c2ccc(Cl)cc2)c2c1CNCC2. The third-order valence-corrected chi connectivity index (χ3v) is 3.45. The van der Waals surface area contributed by atoms with Crippen molar-refractivity contribution >= 4 is 11.6 Å². The van der Waals surface area contributed by atoms with Crippen LogP contribution >= 0.6 is 11.6 Å². The number of aryl methyl sites for hydroxylation is 1. The molecule has 0 fully saturated rings. The predicted molar refractivity (Wildman–Crippen MR) is 68.7 cm³/mol. The van der Waals surface area contributed by atoms with Crippen LogP contribution in [-0.2, 0) is 13.0 Å². The van der Waals surface area contributed by atoms with Gasteiger partial charge in [0.2, 0.25) is 0 Å². The van der Waals surface area contributed by atoms with Gasteiger partial charge in [-0.1, -0.05) is 11.6 Å². The molecule has 1 aliphatic rings. The van der Waals surface area contributed by atoms with Crippen molar-refractivity contribution in [2.45, 2.75) is 19.9 Å². The molecule has 88 valence electrons. The lowest BCUT2D eigenvalue weighted by atomic mass is 10.1. The van der Waals surface area contributed by atoms with Crippen molar-refractivity contribution in [3.63, 3.8) is 0 Å². The zero-order valence-corrected chi connectivity index (χ0v) is 10.5. The van der Waals surface area contributed by atoms with Crippen molar-refractivity contribution in [1.82, 2.24) is 15.1 Å². The molecule has 1 aromatic heterocycles. The van der Waals surface area contributed by atoms with Gasteiger partial charge >= 0.3 is 0 Å². The van der Waals surface area contributed by atoms with Crippen LogP contribution in [0.1, 0.15) is 17.0 Å². The number of hydrogen-bond acceptors (Lipinski definition) is 2. The average molecular weight is 248 g/mol. The summed E-state index contributed by atoms with van der Waals surface area (Å²) in [7, 11) is 0. The van der Waals surface area contributed by atoms with Gasteiger partial charge in [-0.2, -0.15) is 5.10 Å². The van der Waals surface area contributed by atoms with Crippen molar-refractivity contribution in [3.05, 3.63) is 46.2 Å². The molecule has 3 nitrogen and oxygen atoms in total. The van der Waals surface area contributed by atoms with Crippen LogP contribution in [0.25, 0.3) is 5.69 Å². The fraction of sp³-hybridized carbons (Fsp3) is 0.308. The number of nitrogens with zero attached hydrogens (tertiary/aromatic N) is 2. The molecule has 0 bridgehead atoms. The van der Waals surface area contributed by atoms with Crippen LogP contribution in [0, 0.1) is 6.92 Å². The Kier molecular flexibility index (Phi) is 2.65. The van der Waals surface area contributed by atoms with E-state index in [4.69, 9.17) is 11.6 Å². The van der Waals surface area contributed by atoms with Gasteiger partial charge in [0.15, 0.2) is 0 Å². The highest BCUT2D eigenvalue weighted by molar-refractivity contribution is 6.30. The minimum Gasteiger partial charge on any atom is -0.312 e. The van der Waals surface area contributed by atoms with E-state index in [1.165, 1.54) is 11.3 Å². The van der Waals surface area contributed by atoms with Crippen LogP contribution in [0.4, 0.5) is 0 Å².